The van der Waals surface area contributed by atoms with Crippen LogP contribution in [-0.4, -0.2) is 24.8 Å². The first-order chi connectivity index (χ1) is 12.4. The smallest absolute Gasteiger partial charge is 0.220 e. The molecule has 0 aliphatic heterocycles. The van der Waals surface area contributed by atoms with Crippen molar-refractivity contribution in [3.63, 3.8) is 0 Å². The first-order valence-corrected chi connectivity index (χ1v) is 10.8. The van der Waals surface area contributed by atoms with Gasteiger partial charge in [0, 0.05) is 19.4 Å². The molecular formula is C22H44N2O2. The summed E-state index contributed by atoms with van der Waals surface area (Å²) >= 11 is 0. The molecule has 1 saturated carbocycles. The first kappa shape index (κ1) is 25.1. The Balaban J connectivity index is 0.00000110. The number of carbonyl (C=O) groups excluding carboxylic acids is 2. The third-order valence-electron chi connectivity index (χ3n) is 5.76. The van der Waals surface area contributed by atoms with Crippen LogP contribution in [0.25, 0.3) is 0 Å². The lowest BCUT2D eigenvalue weighted by atomic mass is 9.68. The fourth-order valence-electron chi connectivity index (χ4n) is 3.63. The van der Waals surface area contributed by atoms with Gasteiger partial charge in [-0.1, -0.05) is 46.5 Å². The van der Waals surface area contributed by atoms with Gasteiger partial charge in [-0.05, 0) is 63.3 Å². The van der Waals surface area contributed by atoms with Gasteiger partial charge >= 0.3 is 0 Å². The van der Waals surface area contributed by atoms with Crippen molar-refractivity contribution in [1.82, 2.24) is 5.32 Å². The van der Waals surface area contributed by atoms with Crippen LogP contribution in [0.15, 0.2) is 0 Å². The summed E-state index contributed by atoms with van der Waals surface area (Å²) in [6.07, 6.45) is 14.1. The zero-order valence-corrected chi connectivity index (χ0v) is 17.9. The van der Waals surface area contributed by atoms with E-state index in [0.717, 1.165) is 32.4 Å². The number of amides is 1. The maximum atomic E-state index is 11.8. The standard InChI is InChI=1S/C18H36N2O.C4H8O/c1-3-16(2)15-17(21)20-14-8-12-18(11-7-13-19)9-5-4-6-10-18;1-3-4(2)5/h16H,3-15,19H2,1-2H3,(H,20,21);3H2,1-2H3. The molecule has 0 aromatic carbocycles. The Kier molecular flexibility index (Phi) is 14.7. The molecule has 1 amide bonds. The first-order valence-electron chi connectivity index (χ1n) is 10.8. The molecule has 0 bridgehead atoms. The average Bonchev–Trinajstić information content (AvgIpc) is 2.65. The van der Waals surface area contributed by atoms with Crippen LogP contribution in [0.5, 0.6) is 0 Å². The third-order valence-corrected chi connectivity index (χ3v) is 5.76. The molecule has 0 radical (unpaired) electrons. The van der Waals surface area contributed by atoms with Gasteiger partial charge in [0.05, 0.1) is 0 Å². The molecule has 1 unspecified atom stereocenters. The maximum absolute atomic E-state index is 11.8. The van der Waals surface area contributed by atoms with E-state index in [4.69, 9.17) is 5.73 Å². The van der Waals surface area contributed by atoms with Crippen molar-refractivity contribution >= 4 is 11.7 Å². The Morgan fingerprint density at radius 1 is 1.08 bits per heavy atom. The molecule has 4 nitrogen and oxygen atoms in total. The van der Waals surface area contributed by atoms with Crippen LogP contribution in [0.3, 0.4) is 0 Å². The minimum absolute atomic E-state index is 0.226. The van der Waals surface area contributed by atoms with E-state index < -0.39 is 0 Å². The summed E-state index contributed by atoms with van der Waals surface area (Å²) in [4.78, 5) is 21.6. The summed E-state index contributed by atoms with van der Waals surface area (Å²) in [5.41, 5.74) is 6.23. The van der Waals surface area contributed by atoms with E-state index in [9.17, 15) is 9.59 Å². The fraction of sp³-hybridized carbons (Fsp3) is 0.909. The minimum atomic E-state index is 0.226. The average molecular weight is 369 g/mol. The molecule has 1 atom stereocenters. The Labute approximate surface area is 162 Å². The van der Waals surface area contributed by atoms with E-state index in [1.165, 1.54) is 44.9 Å². The van der Waals surface area contributed by atoms with Crippen LogP contribution in [0, 0.1) is 11.3 Å². The molecule has 26 heavy (non-hydrogen) atoms. The summed E-state index contributed by atoms with van der Waals surface area (Å²) in [6.45, 7) is 9.38. The number of ketones is 1. The SMILES string of the molecule is CCC(C)=O.CCC(C)CC(=O)NCCCC1(CCCN)CCCCC1. The highest BCUT2D eigenvalue weighted by Crippen LogP contribution is 2.43. The highest BCUT2D eigenvalue weighted by molar-refractivity contribution is 5.76. The Morgan fingerprint density at radius 3 is 2.15 bits per heavy atom. The van der Waals surface area contributed by atoms with E-state index in [1.54, 1.807) is 6.92 Å². The van der Waals surface area contributed by atoms with Gasteiger partial charge in [0.25, 0.3) is 0 Å². The highest BCUT2D eigenvalue weighted by Gasteiger charge is 2.30. The lowest BCUT2D eigenvalue weighted by Crippen LogP contribution is -2.29. The zero-order valence-electron chi connectivity index (χ0n) is 17.9. The molecular weight excluding hydrogens is 324 g/mol. The Bertz CT molecular complexity index is 376. The van der Waals surface area contributed by atoms with Crippen molar-refractivity contribution < 1.29 is 9.59 Å². The molecule has 0 aromatic heterocycles. The maximum Gasteiger partial charge on any atom is 0.220 e. The monoisotopic (exact) mass is 368 g/mol. The van der Waals surface area contributed by atoms with Gasteiger partial charge in [-0.25, -0.2) is 0 Å². The van der Waals surface area contributed by atoms with Crippen molar-refractivity contribution in [3.05, 3.63) is 0 Å². The number of hydrogen-bond acceptors (Lipinski definition) is 3. The molecule has 1 aliphatic carbocycles. The lowest BCUT2D eigenvalue weighted by Gasteiger charge is -2.38. The van der Waals surface area contributed by atoms with E-state index in [0.29, 0.717) is 24.2 Å². The van der Waals surface area contributed by atoms with Crippen LogP contribution in [0.4, 0.5) is 0 Å². The number of rotatable bonds is 11. The Hall–Kier alpha value is -0.900. The van der Waals surface area contributed by atoms with Crippen LogP contribution in [0.2, 0.25) is 0 Å². The molecule has 1 fully saturated rings. The van der Waals surface area contributed by atoms with Gasteiger partial charge in [-0.3, -0.25) is 4.79 Å². The summed E-state index contributed by atoms with van der Waals surface area (Å²) in [6, 6.07) is 0. The van der Waals surface area contributed by atoms with Crippen LogP contribution in [-0.2, 0) is 9.59 Å². The van der Waals surface area contributed by atoms with Crippen LogP contribution >= 0.6 is 0 Å². The molecule has 4 heteroatoms. The molecule has 1 rings (SSSR count). The van der Waals surface area contributed by atoms with E-state index >= 15 is 0 Å². The quantitative estimate of drug-likeness (QED) is 0.504. The second-order valence-electron chi connectivity index (χ2n) is 8.18. The van der Waals surface area contributed by atoms with Gasteiger partial charge in [-0.15, -0.1) is 0 Å². The minimum Gasteiger partial charge on any atom is -0.356 e. The Morgan fingerprint density at radius 2 is 1.65 bits per heavy atom. The third kappa shape index (κ3) is 12.5. The second kappa shape index (κ2) is 15.2. The number of Topliss-reactive ketones (excluding diaryl/α,β-unsaturated/α-hetero) is 1. The molecule has 154 valence electrons. The lowest BCUT2D eigenvalue weighted by molar-refractivity contribution is -0.122. The van der Waals surface area contributed by atoms with E-state index in [2.05, 4.69) is 19.2 Å². The molecule has 0 heterocycles. The predicted molar refractivity (Wildman–Crippen MR) is 111 cm³/mol. The van der Waals surface area contributed by atoms with Gasteiger partial charge < -0.3 is 15.8 Å². The van der Waals surface area contributed by atoms with Gasteiger partial charge in [0.15, 0.2) is 0 Å². The van der Waals surface area contributed by atoms with Crippen molar-refractivity contribution in [2.45, 2.75) is 105 Å². The fourth-order valence-corrected chi connectivity index (χ4v) is 3.63. The normalized spacial score (nSPS) is 17.0. The largest absolute Gasteiger partial charge is 0.356 e. The topological polar surface area (TPSA) is 72.2 Å². The van der Waals surface area contributed by atoms with Gasteiger partial charge in [0.1, 0.15) is 5.78 Å². The van der Waals surface area contributed by atoms with Gasteiger partial charge in [-0.2, -0.15) is 0 Å². The zero-order chi connectivity index (χ0) is 19.8. The number of nitrogens with two attached hydrogens (primary N) is 1. The van der Waals surface area contributed by atoms with Crippen molar-refractivity contribution in [2.24, 2.45) is 17.1 Å². The van der Waals surface area contributed by atoms with Crippen LogP contribution in [0.1, 0.15) is 105 Å². The molecule has 3 N–H and O–H groups in total. The number of nitrogens with one attached hydrogen (secondary N) is 1. The summed E-state index contributed by atoms with van der Waals surface area (Å²) in [5.74, 6) is 0.980. The second-order valence-corrected chi connectivity index (χ2v) is 8.18. The van der Waals surface area contributed by atoms with Crippen molar-refractivity contribution in [3.8, 4) is 0 Å². The molecule has 0 aromatic rings. The molecule has 0 spiro atoms. The van der Waals surface area contributed by atoms with Crippen LogP contribution < -0.4 is 11.1 Å². The predicted octanol–water partition coefficient (Wildman–Crippen LogP) is 4.99. The summed E-state index contributed by atoms with van der Waals surface area (Å²) in [7, 11) is 0. The number of carbonyl (C=O) groups is 2. The highest BCUT2D eigenvalue weighted by atomic mass is 16.1. The van der Waals surface area contributed by atoms with E-state index in [-0.39, 0.29) is 11.7 Å². The van der Waals surface area contributed by atoms with Crippen molar-refractivity contribution in [2.75, 3.05) is 13.1 Å². The van der Waals surface area contributed by atoms with E-state index in [1.807, 2.05) is 6.92 Å². The van der Waals surface area contributed by atoms with Gasteiger partial charge in [0.2, 0.25) is 5.91 Å². The molecule has 1 aliphatic rings. The van der Waals surface area contributed by atoms with Crippen molar-refractivity contribution in [1.29, 1.82) is 0 Å². The summed E-state index contributed by atoms with van der Waals surface area (Å²) < 4.78 is 0. The number of hydrogen-bond donors (Lipinski definition) is 2. The summed E-state index contributed by atoms with van der Waals surface area (Å²) in [5, 5.41) is 3.10. The molecule has 0 saturated heterocycles.